The van der Waals surface area contributed by atoms with E-state index in [2.05, 4.69) is 16.6 Å². The van der Waals surface area contributed by atoms with Gasteiger partial charge in [-0.05, 0) is 32.8 Å². The number of aromatic nitrogens is 1. The summed E-state index contributed by atoms with van der Waals surface area (Å²) >= 11 is 3.86. The van der Waals surface area contributed by atoms with E-state index in [9.17, 15) is 10.1 Å². The van der Waals surface area contributed by atoms with Crippen molar-refractivity contribution in [3.63, 3.8) is 0 Å². The van der Waals surface area contributed by atoms with Crippen LogP contribution in [0.3, 0.4) is 0 Å². The highest BCUT2D eigenvalue weighted by molar-refractivity contribution is 8.68. The minimum absolute atomic E-state index is 0.149. The van der Waals surface area contributed by atoms with Crippen molar-refractivity contribution in [2.24, 2.45) is 0 Å². The molecule has 0 aromatic carbocycles. The lowest BCUT2D eigenvalue weighted by atomic mass is 10.5. The summed E-state index contributed by atoms with van der Waals surface area (Å²) < 4.78 is 0. The van der Waals surface area contributed by atoms with E-state index in [-0.39, 0.29) is 5.82 Å². The second kappa shape index (κ2) is 3.59. The van der Waals surface area contributed by atoms with Crippen molar-refractivity contribution in [1.82, 2.24) is 4.98 Å². The van der Waals surface area contributed by atoms with Gasteiger partial charge in [0.05, 0.1) is 0 Å². The van der Waals surface area contributed by atoms with Gasteiger partial charge in [-0.25, -0.2) is 0 Å². The van der Waals surface area contributed by atoms with Crippen LogP contribution in [-0.2, 0) is 0 Å². The maximum absolute atomic E-state index is 10.2. The number of nitro groups is 1. The van der Waals surface area contributed by atoms with Gasteiger partial charge in [0.2, 0.25) is 5.03 Å². The second-order valence-electron chi connectivity index (χ2n) is 1.68. The smallest absolute Gasteiger partial charge is 0.358 e. The first-order valence-electron chi connectivity index (χ1n) is 2.67. The molecule has 0 saturated carbocycles. The highest BCUT2D eigenvalue weighted by atomic mass is 33.1. The molecule has 4 nitrogen and oxygen atoms in total. The third-order valence-electron chi connectivity index (χ3n) is 0.989. The van der Waals surface area contributed by atoms with E-state index in [1.54, 1.807) is 12.1 Å². The van der Waals surface area contributed by atoms with Crippen LogP contribution in [0.4, 0.5) is 5.82 Å². The van der Waals surface area contributed by atoms with E-state index in [0.717, 1.165) is 10.8 Å². The zero-order chi connectivity index (χ0) is 8.27. The Bertz CT molecular complexity index is 279. The molecule has 0 aliphatic rings. The molecule has 0 radical (unpaired) electrons. The quantitative estimate of drug-likeness (QED) is 0.333. The number of hydrogen-bond donors (Lipinski definition) is 1. The fourth-order valence-corrected chi connectivity index (χ4v) is 1.14. The van der Waals surface area contributed by atoms with Crippen LogP contribution in [0, 0.1) is 10.1 Å². The maximum atomic E-state index is 10.2. The van der Waals surface area contributed by atoms with Gasteiger partial charge in [-0.15, -0.1) is 11.7 Å². The molecular weight excluding hydrogens is 184 g/mol. The van der Waals surface area contributed by atoms with E-state index in [0.29, 0.717) is 5.03 Å². The van der Waals surface area contributed by atoms with E-state index in [4.69, 9.17) is 0 Å². The molecule has 1 aromatic heterocycles. The van der Waals surface area contributed by atoms with Crippen LogP contribution in [0.2, 0.25) is 0 Å². The van der Waals surface area contributed by atoms with Crippen LogP contribution >= 0.6 is 22.5 Å². The lowest BCUT2D eigenvalue weighted by Crippen LogP contribution is -1.91. The van der Waals surface area contributed by atoms with Crippen molar-refractivity contribution in [1.29, 1.82) is 0 Å². The number of pyridine rings is 1. The fourth-order valence-electron chi connectivity index (χ4n) is 0.556. The topological polar surface area (TPSA) is 56.0 Å². The fraction of sp³-hybridized carbons (Fsp3) is 0. The third-order valence-corrected chi connectivity index (χ3v) is 1.97. The van der Waals surface area contributed by atoms with Gasteiger partial charge in [0, 0.05) is 6.07 Å². The van der Waals surface area contributed by atoms with E-state index < -0.39 is 4.92 Å². The number of nitrogens with zero attached hydrogens (tertiary/aromatic N) is 2. The van der Waals surface area contributed by atoms with E-state index >= 15 is 0 Å². The molecule has 11 heavy (non-hydrogen) atoms. The summed E-state index contributed by atoms with van der Waals surface area (Å²) in [5.41, 5.74) is 0. The van der Waals surface area contributed by atoms with Crippen LogP contribution in [0.1, 0.15) is 0 Å². The normalized spacial score (nSPS) is 9.55. The molecule has 6 heteroatoms. The molecular formula is C5H4N2O2S2. The van der Waals surface area contributed by atoms with Crippen molar-refractivity contribution in [2.75, 3.05) is 0 Å². The molecule has 0 aliphatic carbocycles. The Hall–Kier alpha value is -0.750. The number of thiol groups is 1. The molecule has 58 valence electrons. The van der Waals surface area contributed by atoms with Crippen LogP contribution in [0.25, 0.3) is 0 Å². The molecule has 1 aromatic rings. The molecule has 0 atom stereocenters. The molecule has 0 N–H and O–H groups in total. The molecule has 0 bridgehead atoms. The van der Waals surface area contributed by atoms with Crippen molar-refractivity contribution in [3.8, 4) is 0 Å². The molecule has 1 heterocycles. The summed E-state index contributed by atoms with van der Waals surface area (Å²) in [7, 11) is 1.08. The maximum Gasteiger partial charge on any atom is 0.364 e. The Kier molecular flexibility index (Phi) is 2.72. The Morgan fingerprint density at radius 3 is 2.91 bits per heavy atom. The molecule has 0 fully saturated rings. The average Bonchev–Trinajstić information content (AvgIpc) is 2.05. The van der Waals surface area contributed by atoms with Crippen LogP contribution < -0.4 is 0 Å². The van der Waals surface area contributed by atoms with Gasteiger partial charge in [0.25, 0.3) is 0 Å². The summed E-state index contributed by atoms with van der Waals surface area (Å²) in [6, 6.07) is 4.57. The molecule has 0 amide bonds. The monoisotopic (exact) mass is 188 g/mol. The van der Waals surface area contributed by atoms with Gasteiger partial charge < -0.3 is 10.1 Å². The van der Waals surface area contributed by atoms with Crippen LogP contribution in [0.5, 0.6) is 0 Å². The second-order valence-corrected chi connectivity index (χ2v) is 2.83. The van der Waals surface area contributed by atoms with Crippen LogP contribution in [0.15, 0.2) is 23.2 Å². The Labute approximate surface area is 72.0 Å². The Morgan fingerprint density at radius 1 is 1.64 bits per heavy atom. The van der Waals surface area contributed by atoms with Gasteiger partial charge in [-0.3, -0.25) is 0 Å². The molecule has 0 saturated heterocycles. The van der Waals surface area contributed by atoms with Gasteiger partial charge in [-0.1, -0.05) is 0 Å². The summed E-state index contributed by atoms with van der Waals surface area (Å²) in [5, 5.41) is 10.7. The SMILES string of the molecule is O=[N+]([O-])c1cccc(SS)n1. The molecule has 0 spiro atoms. The van der Waals surface area contributed by atoms with Crippen molar-refractivity contribution >= 4 is 28.3 Å². The number of hydrogen-bond acceptors (Lipinski definition) is 5. The lowest BCUT2D eigenvalue weighted by Gasteiger charge is -1.90. The number of rotatable bonds is 2. The summed E-state index contributed by atoms with van der Waals surface area (Å²) in [6.45, 7) is 0. The minimum Gasteiger partial charge on any atom is -0.358 e. The predicted octanol–water partition coefficient (Wildman–Crippen LogP) is 1.93. The molecule has 0 aliphatic heterocycles. The van der Waals surface area contributed by atoms with Crippen molar-refractivity contribution < 1.29 is 4.92 Å². The first kappa shape index (κ1) is 8.35. The zero-order valence-electron chi connectivity index (χ0n) is 5.30. The standard InChI is InChI=1S/C5H4N2O2S2/c8-7(9)4-2-1-3-5(6-4)11-10/h1-3,10H. The lowest BCUT2D eigenvalue weighted by molar-refractivity contribution is -0.389. The third kappa shape index (κ3) is 2.09. The van der Waals surface area contributed by atoms with Gasteiger partial charge >= 0.3 is 5.82 Å². The predicted molar refractivity (Wildman–Crippen MR) is 45.7 cm³/mol. The Morgan fingerprint density at radius 2 is 2.36 bits per heavy atom. The van der Waals surface area contributed by atoms with Gasteiger partial charge in [0.1, 0.15) is 0 Å². The summed E-state index contributed by atoms with van der Waals surface area (Å²) in [4.78, 5) is 13.3. The Balaban J connectivity index is 3.01. The van der Waals surface area contributed by atoms with Crippen molar-refractivity contribution in [3.05, 3.63) is 28.3 Å². The molecule has 0 unspecified atom stereocenters. The minimum atomic E-state index is -0.534. The highest BCUT2D eigenvalue weighted by Gasteiger charge is 2.07. The average molecular weight is 188 g/mol. The van der Waals surface area contributed by atoms with Gasteiger partial charge in [-0.2, -0.15) is 0 Å². The first-order valence-corrected chi connectivity index (χ1v) is 4.54. The van der Waals surface area contributed by atoms with E-state index in [1.165, 1.54) is 6.07 Å². The van der Waals surface area contributed by atoms with Gasteiger partial charge in [0.15, 0.2) is 0 Å². The largest absolute Gasteiger partial charge is 0.364 e. The van der Waals surface area contributed by atoms with E-state index in [1.807, 2.05) is 0 Å². The van der Waals surface area contributed by atoms with Crippen molar-refractivity contribution in [2.45, 2.75) is 5.03 Å². The zero-order valence-corrected chi connectivity index (χ0v) is 7.01. The van der Waals surface area contributed by atoms with Crippen LogP contribution in [-0.4, -0.2) is 9.91 Å². The first-order chi connectivity index (χ1) is 5.24. The highest BCUT2D eigenvalue weighted by Crippen LogP contribution is 2.20. The molecule has 1 rings (SSSR count). The summed E-state index contributed by atoms with van der Waals surface area (Å²) in [6.07, 6.45) is 0. The summed E-state index contributed by atoms with van der Waals surface area (Å²) in [5.74, 6) is -0.149.